The number of rotatable bonds is 8. The van der Waals surface area contributed by atoms with Crippen LogP contribution in [0.25, 0.3) is 6.08 Å². The van der Waals surface area contributed by atoms with E-state index in [0.717, 1.165) is 16.7 Å². The number of halogens is 2. The zero-order valence-electron chi connectivity index (χ0n) is 19.2. The molecule has 3 aromatic rings. The molecule has 0 saturated carbocycles. The summed E-state index contributed by atoms with van der Waals surface area (Å²) in [5.74, 6) is -0.752. The lowest BCUT2D eigenvalue weighted by Crippen LogP contribution is -2.23. The number of hydrogen-bond acceptors (Lipinski definition) is 4. The van der Waals surface area contributed by atoms with Crippen molar-refractivity contribution < 1.29 is 14.3 Å². The molecule has 8 heteroatoms. The van der Waals surface area contributed by atoms with E-state index in [9.17, 15) is 14.9 Å². The summed E-state index contributed by atoms with van der Waals surface area (Å²) >= 11 is 12.6. The minimum absolute atomic E-state index is 0.102. The van der Waals surface area contributed by atoms with Crippen LogP contribution in [0.4, 0.5) is 5.69 Å². The topological polar surface area (TPSA) is 91.2 Å². The lowest BCUT2D eigenvalue weighted by atomic mass is 10.1. The van der Waals surface area contributed by atoms with Gasteiger partial charge in [0.05, 0.1) is 10.0 Å². The summed E-state index contributed by atoms with van der Waals surface area (Å²) in [6, 6.07) is 19.9. The monoisotopic (exact) mass is 507 g/mol. The van der Waals surface area contributed by atoms with Gasteiger partial charge in [0.15, 0.2) is 12.4 Å². The Balaban J connectivity index is 1.66. The first-order valence-corrected chi connectivity index (χ1v) is 11.5. The molecule has 0 aliphatic rings. The molecule has 0 atom stereocenters. The Morgan fingerprint density at radius 2 is 1.71 bits per heavy atom. The predicted octanol–water partition coefficient (Wildman–Crippen LogP) is 5.85. The van der Waals surface area contributed by atoms with Gasteiger partial charge in [-0.25, -0.2) is 0 Å². The summed E-state index contributed by atoms with van der Waals surface area (Å²) in [4.78, 5) is 24.8. The van der Waals surface area contributed by atoms with Crippen molar-refractivity contribution in [3.8, 4) is 11.8 Å². The average molecular weight is 508 g/mol. The standard InChI is InChI=1S/C27H23Cl2N3O3/c1-17-7-6-10-24(18(17)2)32-25(33)16-35-26-22(28)12-20(13-23(26)29)11-21(14-30)27(34)31-15-19-8-4-3-5-9-19/h3-13H,15-16H2,1-2H3,(H,31,34)(H,32,33)/b21-11+. The molecule has 2 N–H and O–H groups in total. The molecule has 0 aliphatic carbocycles. The van der Waals surface area contributed by atoms with Crippen LogP contribution in [0, 0.1) is 25.2 Å². The maximum Gasteiger partial charge on any atom is 0.262 e. The highest BCUT2D eigenvalue weighted by Gasteiger charge is 2.14. The van der Waals surface area contributed by atoms with E-state index in [4.69, 9.17) is 27.9 Å². The van der Waals surface area contributed by atoms with Gasteiger partial charge in [0.2, 0.25) is 0 Å². The van der Waals surface area contributed by atoms with Crippen LogP contribution in [0.2, 0.25) is 10.0 Å². The molecule has 0 bridgehead atoms. The van der Waals surface area contributed by atoms with Crippen molar-refractivity contribution in [1.29, 1.82) is 5.26 Å². The van der Waals surface area contributed by atoms with Gasteiger partial charge in [-0.1, -0.05) is 65.7 Å². The fourth-order valence-electron chi connectivity index (χ4n) is 3.20. The number of hydrogen-bond donors (Lipinski definition) is 2. The Morgan fingerprint density at radius 1 is 1.03 bits per heavy atom. The molecule has 0 fully saturated rings. The Kier molecular flexibility index (Phi) is 8.91. The van der Waals surface area contributed by atoms with Crippen LogP contribution in [0.1, 0.15) is 22.3 Å². The number of benzene rings is 3. The van der Waals surface area contributed by atoms with Crippen LogP contribution in [0.15, 0.2) is 66.2 Å². The number of nitrogens with zero attached hydrogens (tertiary/aromatic N) is 1. The fraction of sp³-hybridized carbons (Fsp3) is 0.148. The summed E-state index contributed by atoms with van der Waals surface area (Å²) in [5.41, 5.74) is 3.98. The molecule has 0 radical (unpaired) electrons. The molecule has 6 nitrogen and oxygen atoms in total. The van der Waals surface area contributed by atoms with Crippen LogP contribution in [-0.2, 0) is 16.1 Å². The third-order valence-corrected chi connectivity index (χ3v) is 5.78. The summed E-state index contributed by atoms with van der Waals surface area (Å²) in [7, 11) is 0. The summed E-state index contributed by atoms with van der Waals surface area (Å²) in [6.45, 7) is 3.87. The number of nitrogens with one attached hydrogen (secondary N) is 2. The van der Waals surface area contributed by atoms with Crippen molar-refractivity contribution in [1.82, 2.24) is 5.32 Å². The molecule has 2 amide bonds. The minimum atomic E-state index is -0.521. The molecule has 0 unspecified atom stereocenters. The van der Waals surface area contributed by atoms with Gasteiger partial charge in [0.25, 0.3) is 11.8 Å². The number of carbonyl (C=O) groups is 2. The highest BCUT2D eigenvalue weighted by atomic mass is 35.5. The molecule has 0 heterocycles. The lowest BCUT2D eigenvalue weighted by molar-refractivity contribution is -0.118. The number of aryl methyl sites for hydroxylation is 1. The van der Waals surface area contributed by atoms with Gasteiger partial charge in [0.1, 0.15) is 11.6 Å². The molecule has 3 aromatic carbocycles. The van der Waals surface area contributed by atoms with Gasteiger partial charge in [-0.15, -0.1) is 0 Å². The van der Waals surface area contributed by atoms with Crippen molar-refractivity contribution in [3.05, 3.63) is 98.5 Å². The van der Waals surface area contributed by atoms with Crippen molar-refractivity contribution >= 4 is 46.8 Å². The molecule has 0 aliphatic heterocycles. The van der Waals surface area contributed by atoms with Gasteiger partial charge in [0, 0.05) is 12.2 Å². The normalized spacial score (nSPS) is 10.9. The van der Waals surface area contributed by atoms with Crippen molar-refractivity contribution in [2.45, 2.75) is 20.4 Å². The second kappa shape index (κ2) is 12.1. The first-order valence-electron chi connectivity index (χ1n) is 10.7. The smallest absolute Gasteiger partial charge is 0.262 e. The molecule has 178 valence electrons. The first-order chi connectivity index (χ1) is 16.8. The van der Waals surface area contributed by atoms with Gasteiger partial charge in [-0.2, -0.15) is 5.26 Å². The Bertz CT molecular complexity index is 1290. The van der Waals surface area contributed by atoms with E-state index in [1.807, 2.05) is 68.4 Å². The van der Waals surface area contributed by atoms with Crippen molar-refractivity contribution in [2.24, 2.45) is 0 Å². The van der Waals surface area contributed by atoms with E-state index in [1.54, 1.807) is 0 Å². The van der Waals surface area contributed by atoms with E-state index < -0.39 is 5.91 Å². The van der Waals surface area contributed by atoms with Crippen molar-refractivity contribution in [3.63, 3.8) is 0 Å². The molecular formula is C27H23Cl2N3O3. The average Bonchev–Trinajstić information content (AvgIpc) is 2.84. The second-order valence-electron chi connectivity index (χ2n) is 7.74. The Hall–Kier alpha value is -3.79. The summed E-state index contributed by atoms with van der Waals surface area (Å²) in [5, 5.41) is 15.2. The van der Waals surface area contributed by atoms with Crippen LogP contribution < -0.4 is 15.4 Å². The minimum Gasteiger partial charge on any atom is -0.481 e. The van der Waals surface area contributed by atoms with E-state index >= 15 is 0 Å². The summed E-state index contributed by atoms with van der Waals surface area (Å²) < 4.78 is 5.55. The van der Waals surface area contributed by atoms with Gasteiger partial charge < -0.3 is 15.4 Å². The van der Waals surface area contributed by atoms with Crippen LogP contribution in [0.3, 0.4) is 0 Å². The number of ether oxygens (including phenoxy) is 1. The summed E-state index contributed by atoms with van der Waals surface area (Å²) in [6.07, 6.45) is 1.38. The van der Waals surface area contributed by atoms with Gasteiger partial charge >= 0.3 is 0 Å². The molecular weight excluding hydrogens is 485 g/mol. The highest BCUT2D eigenvalue weighted by Crippen LogP contribution is 2.35. The van der Waals surface area contributed by atoms with E-state index in [1.165, 1.54) is 18.2 Å². The largest absolute Gasteiger partial charge is 0.481 e. The maximum absolute atomic E-state index is 12.4. The molecule has 3 rings (SSSR count). The predicted molar refractivity (Wildman–Crippen MR) is 138 cm³/mol. The van der Waals surface area contributed by atoms with Gasteiger partial charge in [-0.05, 0) is 60.4 Å². The Labute approximate surface area is 214 Å². The third-order valence-electron chi connectivity index (χ3n) is 5.22. The number of carbonyl (C=O) groups excluding carboxylic acids is 2. The molecule has 35 heavy (non-hydrogen) atoms. The zero-order valence-corrected chi connectivity index (χ0v) is 20.7. The van der Waals surface area contributed by atoms with E-state index in [0.29, 0.717) is 11.3 Å². The van der Waals surface area contributed by atoms with Crippen LogP contribution >= 0.6 is 23.2 Å². The molecule has 0 aromatic heterocycles. The van der Waals surface area contributed by atoms with Crippen LogP contribution in [-0.4, -0.2) is 18.4 Å². The highest BCUT2D eigenvalue weighted by molar-refractivity contribution is 6.37. The second-order valence-corrected chi connectivity index (χ2v) is 8.55. The lowest BCUT2D eigenvalue weighted by Gasteiger charge is -2.13. The van der Waals surface area contributed by atoms with E-state index in [2.05, 4.69) is 10.6 Å². The zero-order chi connectivity index (χ0) is 25.4. The third kappa shape index (κ3) is 7.10. The quantitative estimate of drug-likeness (QED) is 0.295. The Morgan fingerprint density at radius 3 is 2.37 bits per heavy atom. The fourth-order valence-corrected chi connectivity index (χ4v) is 3.81. The van der Waals surface area contributed by atoms with Crippen LogP contribution in [0.5, 0.6) is 5.75 Å². The maximum atomic E-state index is 12.4. The molecule has 0 spiro atoms. The number of nitriles is 1. The molecule has 0 saturated heterocycles. The van der Waals surface area contributed by atoms with Crippen molar-refractivity contribution in [2.75, 3.05) is 11.9 Å². The number of amides is 2. The van der Waals surface area contributed by atoms with E-state index in [-0.39, 0.29) is 40.4 Å². The first kappa shape index (κ1) is 25.8. The number of anilines is 1. The van der Waals surface area contributed by atoms with Gasteiger partial charge in [-0.3, -0.25) is 9.59 Å². The SMILES string of the molecule is Cc1cccc(NC(=O)COc2c(Cl)cc(/C=C(\C#N)C(=O)NCc3ccccc3)cc2Cl)c1C.